The Bertz CT molecular complexity index is 168. The molecule has 0 atom stereocenters. The molecule has 3 N–H and O–H groups in total. The van der Waals surface area contributed by atoms with Crippen molar-refractivity contribution in [2.75, 3.05) is 26.2 Å². The summed E-state index contributed by atoms with van der Waals surface area (Å²) >= 11 is 0. The standard InChI is InChI=1S/C8H17N3O/c1-8(2,9)7(12)11-5-3-10-4-6-11/h10H,3-6,9H2,1-2H3. The topological polar surface area (TPSA) is 58.4 Å². The van der Waals surface area contributed by atoms with Crippen molar-refractivity contribution in [3.63, 3.8) is 0 Å². The van der Waals surface area contributed by atoms with Crippen molar-refractivity contribution in [1.82, 2.24) is 10.2 Å². The van der Waals surface area contributed by atoms with Gasteiger partial charge in [0.25, 0.3) is 0 Å². The van der Waals surface area contributed by atoms with Gasteiger partial charge in [0.05, 0.1) is 5.54 Å². The van der Waals surface area contributed by atoms with Crippen LogP contribution in [0.1, 0.15) is 13.8 Å². The molecular formula is C8H17N3O. The van der Waals surface area contributed by atoms with Crippen LogP contribution in [-0.2, 0) is 4.79 Å². The Morgan fingerprint density at radius 1 is 1.42 bits per heavy atom. The lowest BCUT2D eigenvalue weighted by Crippen LogP contribution is -2.56. The molecule has 4 heteroatoms. The fraction of sp³-hybridized carbons (Fsp3) is 0.875. The summed E-state index contributed by atoms with van der Waals surface area (Å²) in [7, 11) is 0. The Balaban J connectivity index is 2.51. The third-order valence-electron chi connectivity index (χ3n) is 1.96. The van der Waals surface area contributed by atoms with Crippen LogP contribution >= 0.6 is 0 Å². The van der Waals surface area contributed by atoms with E-state index in [0.29, 0.717) is 0 Å². The van der Waals surface area contributed by atoms with Crippen molar-refractivity contribution in [3.8, 4) is 0 Å². The molecule has 1 heterocycles. The van der Waals surface area contributed by atoms with Crippen LogP contribution in [-0.4, -0.2) is 42.5 Å². The number of carbonyl (C=O) groups is 1. The van der Waals surface area contributed by atoms with Gasteiger partial charge in [-0.1, -0.05) is 0 Å². The van der Waals surface area contributed by atoms with E-state index in [2.05, 4.69) is 5.32 Å². The molecule has 1 saturated heterocycles. The summed E-state index contributed by atoms with van der Waals surface area (Å²) in [5.74, 6) is 0.0454. The number of hydrogen-bond acceptors (Lipinski definition) is 3. The van der Waals surface area contributed by atoms with E-state index in [1.807, 2.05) is 4.90 Å². The Labute approximate surface area is 73.1 Å². The molecule has 0 unspecified atom stereocenters. The van der Waals surface area contributed by atoms with Gasteiger partial charge in [0.15, 0.2) is 0 Å². The second kappa shape index (κ2) is 3.41. The van der Waals surface area contributed by atoms with E-state index in [-0.39, 0.29) is 5.91 Å². The van der Waals surface area contributed by atoms with E-state index < -0.39 is 5.54 Å². The highest BCUT2D eigenvalue weighted by atomic mass is 16.2. The summed E-state index contributed by atoms with van der Waals surface area (Å²) in [4.78, 5) is 13.4. The van der Waals surface area contributed by atoms with Crippen molar-refractivity contribution in [2.24, 2.45) is 5.73 Å². The largest absolute Gasteiger partial charge is 0.339 e. The van der Waals surface area contributed by atoms with Crippen LogP contribution in [0, 0.1) is 0 Å². The van der Waals surface area contributed by atoms with E-state index >= 15 is 0 Å². The number of carbonyl (C=O) groups excluding carboxylic acids is 1. The minimum atomic E-state index is -0.725. The maximum Gasteiger partial charge on any atom is 0.242 e. The average molecular weight is 171 g/mol. The van der Waals surface area contributed by atoms with Crippen LogP contribution in [0.2, 0.25) is 0 Å². The Morgan fingerprint density at radius 2 is 1.92 bits per heavy atom. The van der Waals surface area contributed by atoms with Gasteiger partial charge in [0, 0.05) is 26.2 Å². The molecule has 70 valence electrons. The number of nitrogens with zero attached hydrogens (tertiary/aromatic N) is 1. The van der Waals surface area contributed by atoms with E-state index in [1.165, 1.54) is 0 Å². The van der Waals surface area contributed by atoms with Crippen molar-refractivity contribution >= 4 is 5.91 Å². The van der Waals surface area contributed by atoms with Crippen molar-refractivity contribution in [2.45, 2.75) is 19.4 Å². The first-order valence-electron chi connectivity index (χ1n) is 4.31. The van der Waals surface area contributed by atoms with E-state index in [0.717, 1.165) is 26.2 Å². The lowest BCUT2D eigenvalue weighted by Gasteiger charge is -2.32. The van der Waals surface area contributed by atoms with Gasteiger partial charge in [0.2, 0.25) is 5.91 Å². The third kappa shape index (κ3) is 2.19. The number of amides is 1. The van der Waals surface area contributed by atoms with E-state index in [9.17, 15) is 4.79 Å². The minimum Gasteiger partial charge on any atom is -0.339 e. The van der Waals surface area contributed by atoms with E-state index in [4.69, 9.17) is 5.73 Å². The lowest BCUT2D eigenvalue weighted by molar-refractivity contribution is -0.136. The van der Waals surface area contributed by atoms with Crippen LogP contribution in [0.25, 0.3) is 0 Å². The molecule has 1 aliphatic heterocycles. The first-order valence-corrected chi connectivity index (χ1v) is 4.31. The van der Waals surface area contributed by atoms with Gasteiger partial charge >= 0.3 is 0 Å². The zero-order chi connectivity index (χ0) is 9.19. The van der Waals surface area contributed by atoms with Crippen molar-refractivity contribution < 1.29 is 4.79 Å². The molecule has 12 heavy (non-hydrogen) atoms. The highest BCUT2D eigenvalue weighted by molar-refractivity contribution is 5.85. The van der Waals surface area contributed by atoms with Gasteiger partial charge < -0.3 is 16.0 Å². The highest BCUT2D eigenvalue weighted by Gasteiger charge is 2.28. The third-order valence-corrected chi connectivity index (χ3v) is 1.96. The molecule has 4 nitrogen and oxygen atoms in total. The van der Waals surface area contributed by atoms with Gasteiger partial charge in [-0.25, -0.2) is 0 Å². The smallest absolute Gasteiger partial charge is 0.242 e. The maximum absolute atomic E-state index is 11.6. The molecule has 0 spiro atoms. The zero-order valence-electron chi connectivity index (χ0n) is 7.76. The number of rotatable bonds is 1. The second-order valence-corrected chi connectivity index (χ2v) is 3.76. The molecule has 0 aliphatic carbocycles. The van der Waals surface area contributed by atoms with E-state index in [1.54, 1.807) is 13.8 Å². The first kappa shape index (κ1) is 9.48. The van der Waals surface area contributed by atoms with Crippen LogP contribution in [0.3, 0.4) is 0 Å². The number of hydrogen-bond donors (Lipinski definition) is 2. The summed E-state index contributed by atoms with van der Waals surface area (Å²) in [5, 5.41) is 3.19. The molecule has 1 amide bonds. The fourth-order valence-electron chi connectivity index (χ4n) is 1.28. The lowest BCUT2D eigenvalue weighted by atomic mass is 10.1. The second-order valence-electron chi connectivity index (χ2n) is 3.76. The minimum absolute atomic E-state index is 0.0454. The summed E-state index contributed by atoms with van der Waals surface area (Å²) in [6, 6.07) is 0. The molecular weight excluding hydrogens is 154 g/mol. The van der Waals surface area contributed by atoms with Gasteiger partial charge in [-0.3, -0.25) is 4.79 Å². The SMILES string of the molecule is CC(C)(N)C(=O)N1CCNCC1. The van der Waals surface area contributed by atoms with Crippen LogP contribution in [0.15, 0.2) is 0 Å². The molecule has 0 aromatic carbocycles. The maximum atomic E-state index is 11.6. The summed E-state index contributed by atoms with van der Waals surface area (Å²) in [6.45, 7) is 6.80. The quantitative estimate of drug-likeness (QED) is 0.540. The average Bonchev–Trinajstić information content (AvgIpc) is 2.03. The highest BCUT2D eigenvalue weighted by Crippen LogP contribution is 2.04. The molecule has 0 aromatic rings. The monoisotopic (exact) mass is 171 g/mol. The van der Waals surface area contributed by atoms with Gasteiger partial charge in [-0.15, -0.1) is 0 Å². The molecule has 1 aliphatic rings. The fourth-order valence-corrected chi connectivity index (χ4v) is 1.28. The van der Waals surface area contributed by atoms with Crippen molar-refractivity contribution in [3.05, 3.63) is 0 Å². The molecule has 0 radical (unpaired) electrons. The molecule has 0 saturated carbocycles. The van der Waals surface area contributed by atoms with Crippen molar-refractivity contribution in [1.29, 1.82) is 0 Å². The summed E-state index contributed by atoms with van der Waals surface area (Å²) in [6.07, 6.45) is 0. The summed E-state index contributed by atoms with van der Waals surface area (Å²) < 4.78 is 0. The molecule has 0 aromatic heterocycles. The Hall–Kier alpha value is -0.610. The predicted octanol–water partition coefficient (Wildman–Crippen LogP) is -0.844. The molecule has 0 bridgehead atoms. The first-order chi connectivity index (χ1) is 5.52. The van der Waals surface area contributed by atoms with Crippen LogP contribution < -0.4 is 11.1 Å². The zero-order valence-corrected chi connectivity index (χ0v) is 7.76. The van der Waals surface area contributed by atoms with Gasteiger partial charge in [-0.2, -0.15) is 0 Å². The van der Waals surface area contributed by atoms with Crippen LogP contribution in [0.4, 0.5) is 0 Å². The molecule has 1 fully saturated rings. The molecule has 1 rings (SSSR count). The van der Waals surface area contributed by atoms with Crippen LogP contribution in [0.5, 0.6) is 0 Å². The number of nitrogens with one attached hydrogen (secondary N) is 1. The van der Waals surface area contributed by atoms with Gasteiger partial charge in [0.1, 0.15) is 0 Å². The van der Waals surface area contributed by atoms with Gasteiger partial charge in [-0.05, 0) is 13.8 Å². The normalized spacial score (nSPS) is 19.4. The predicted molar refractivity (Wildman–Crippen MR) is 47.7 cm³/mol. The summed E-state index contributed by atoms with van der Waals surface area (Å²) in [5.41, 5.74) is 4.97. The Kier molecular flexibility index (Phi) is 2.69. The Morgan fingerprint density at radius 3 is 2.33 bits per heavy atom. The number of piperazine rings is 1. The number of nitrogens with two attached hydrogens (primary N) is 1.